The van der Waals surface area contributed by atoms with E-state index in [-0.39, 0.29) is 23.4 Å². The molecule has 0 aliphatic heterocycles. The largest absolute Gasteiger partial charge is 0.507 e. The number of hydrogen-bond acceptors (Lipinski definition) is 3. The van der Waals surface area contributed by atoms with Crippen LogP contribution in [0.25, 0.3) is 11.1 Å². The summed E-state index contributed by atoms with van der Waals surface area (Å²) in [7, 11) is 0. The second-order valence-electron chi connectivity index (χ2n) is 8.29. The first-order valence-corrected chi connectivity index (χ1v) is 11.0. The van der Waals surface area contributed by atoms with Gasteiger partial charge in [0.2, 0.25) is 0 Å². The third-order valence-electron chi connectivity index (χ3n) is 5.89. The van der Waals surface area contributed by atoms with Gasteiger partial charge < -0.3 is 15.5 Å². The summed E-state index contributed by atoms with van der Waals surface area (Å²) in [5, 5.41) is 25.0. The minimum Gasteiger partial charge on any atom is -0.507 e. The second kappa shape index (κ2) is 9.82. The number of benzene rings is 2. The summed E-state index contributed by atoms with van der Waals surface area (Å²) in [6.45, 7) is 4.10. The number of aromatic hydroxyl groups is 2. The first-order valence-electron chi connectivity index (χ1n) is 11.0. The third-order valence-corrected chi connectivity index (χ3v) is 5.89. The van der Waals surface area contributed by atoms with Gasteiger partial charge in [-0.3, -0.25) is 4.79 Å². The summed E-state index contributed by atoms with van der Waals surface area (Å²) in [6, 6.07) is 9.45. The molecule has 0 saturated heterocycles. The number of phenolic OH excluding ortho intramolecular Hbond substituents is 2. The number of nitrogens with one attached hydrogen (secondary N) is 1. The van der Waals surface area contributed by atoms with Crippen LogP contribution in [0.3, 0.4) is 0 Å². The summed E-state index contributed by atoms with van der Waals surface area (Å²) in [5.74, 6) is -0.320. The number of rotatable bonds is 7. The van der Waals surface area contributed by atoms with Crippen LogP contribution < -0.4 is 5.32 Å². The lowest BCUT2D eigenvalue weighted by Crippen LogP contribution is -2.36. The van der Waals surface area contributed by atoms with E-state index < -0.39 is 0 Å². The van der Waals surface area contributed by atoms with E-state index in [1.54, 1.807) is 6.07 Å². The average molecular weight is 396 g/mol. The maximum absolute atomic E-state index is 13.2. The summed E-state index contributed by atoms with van der Waals surface area (Å²) in [4.78, 5) is 13.2. The van der Waals surface area contributed by atoms with Gasteiger partial charge in [0.25, 0.3) is 5.91 Å². The topological polar surface area (TPSA) is 69.6 Å². The van der Waals surface area contributed by atoms with E-state index in [0.29, 0.717) is 23.1 Å². The fraction of sp³-hybridized carbons (Fsp3) is 0.480. The van der Waals surface area contributed by atoms with Crippen molar-refractivity contribution in [3.05, 3.63) is 47.0 Å². The molecule has 0 atom stereocenters. The number of phenols is 2. The Hall–Kier alpha value is -2.49. The SMILES string of the molecule is CCCCCc1cc(O)c(-c2cccc(C)c2)c(O)c1C(=O)NC1CCCCC1. The van der Waals surface area contributed by atoms with E-state index in [2.05, 4.69) is 12.2 Å². The number of aryl methyl sites for hydroxylation is 2. The molecule has 1 amide bonds. The summed E-state index contributed by atoms with van der Waals surface area (Å²) < 4.78 is 0. The second-order valence-corrected chi connectivity index (χ2v) is 8.29. The first kappa shape index (κ1) is 21.2. The molecular formula is C25H33NO3. The molecule has 3 rings (SSSR count). The standard InChI is InChI=1S/C25H33NO3/c1-3-4-6-11-19-16-21(27)22(18-12-9-10-17(2)15-18)24(28)23(19)25(29)26-20-13-7-5-8-14-20/h9-10,12,15-16,20,27-28H,3-8,11,13-14H2,1-2H3,(H,26,29). The van der Waals surface area contributed by atoms with E-state index in [0.717, 1.165) is 56.1 Å². The normalized spacial score (nSPS) is 14.7. The van der Waals surface area contributed by atoms with Gasteiger partial charge in [-0.05, 0) is 49.8 Å². The molecule has 4 nitrogen and oxygen atoms in total. The minimum atomic E-state index is -0.227. The molecule has 0 radical (unpaired) electrons. The lowest BCUT2D eigenvalue weighted by molar-refractivity contribution is 0.0924. The Bertz CT molecular complexity index is 853. The van der Waals surface area contributed by atoms with Crippen LogP contribution in [0.4, 0.5) is 0 Å². The Morgan fingerprint density at radius 1 is 1.10 bits per heavy atom. The number of unbranched alkanes of at least 4 members (excludes halogenated alkanes) is 2. The van der Waals surface area contributed by atoms with Crippen molar-refractivity contribution < 1.29 is 15.0 Å². The molecule has 0 spiro atoms. The van der Waals surface area contributed by atoms with Gasteiger partial charge in [-0.15, -0.1) is 0 Å². The highest BCUT2D eigenvalue weighted by molar-refractivity contribution is 6.02. The van der Waals surface area contributed by atoms with Gasteiger partial charge in [0.15, 0.2) is 0 Å². The van der Waals surface area contributed by atoms with Crippen LogP contribution in [-0.2, 0) is 6.42 Å². The van der Waals surface area contributed by atoms with E-state index in [9.17, 15) is 15.0 Å². The van der Waals surface area contributed by atoms with Crippen LogP contribution in [-0.4, -0.2) is 22.2 Å². The molecule has 2 aromatic carbocycles. The lowest BCUT2D eigenvalue weighted by atomic mass is 9.91. The van der Waals surface area contributed by atoms with E-state index >= 15 is 0 Å². The zero-order valence-electron chi connectivity index (χ0n) is 17.6. The Balaban J connectivity index is 2.01. The predicted molar refractivity (Wildman–Crippen MR) is 118 cm³/mol. The Morgan fingerprint density at radius 2 is 1.86 bits per heavy atom. The highest BCUT2D eigenvalue weighted by Gasteiger charge is 2.25. The summed E-state index contributed by atoms with van der Waals surface area (Å²) >= 11 is 0. The minimum absolute atomic E-state index is 0.0221. The zero-order valence-corrected chi connectivity index (χ0v) is 17.6. The molecule has 29 heavy (non-hydrogen) atoms. The summed E-state index contributed by atoms with van der Waals surface area (Å²) in [5.41, 5.74) is 3.12. The molecule has 2 aromatic rings. The van der Waals surface area contributed by atoms with Crippen molar-refractivity contribution in [3.8, 4) is 22.6 Å². The van der Waals surface area contributed by atoms with Crippen LogP contribution in [0.2, 0.25) is 0 Å². The van der Waals surface area contributed by atoms with Crippen LogP contribution in [0.1, 0.15) is 79.8 Å². The van der Waals surface area contributed by atoms with E-state index in [1.165, 1.54) is 6.42 Å². The number of carbonyl (C=O) groups is 1. The molecule has 0 aromatic heterocycles. The highest BCUT2D eigenvalue weighted by atomic mass is 16.3. The molecule has 0 heterocycles. The van der Waals surface area contributed by atoms with Crippen molar-refractivity contribution >= 4 is 5.91 Å². The average Bonchev–Trinajstić information content (AvgIpc) is 2.69. The Morgan fingerprint density at radius 3 is 2.55 bits per heavy atom. The molecule has 1 fully saturated rings. The molecule has 0 bridgehead atoms. The van der Waals surface area contributed by atoms with Crippen LogP contribution >= 0.6 is 0 Å². The number of carbonyl (C=O) groups excluding carboxylic acids is 1. The molecule has 1 aliphatic rings. The Labute approximate surface area is 174 Å². The third kappa shape index (κ3) is 5.11. The smallest absolute Gasteiger partial charge is 0.255 e. The quantitative estimate of drug-likeness (QED) is 0.514. The van der Waals surface area contributed by atoms with E-state index in [1.807, 2.05) is 31.2 Å². The number of hydrogen-bond donors (Lipinski definition) is 3. The zero-order chi connectivity index (χ0) is 20.8. The number of amides is 1. The van der Waals surface area contributed by atoms with Crippen LogP contribution in [0, 0.1) is 6.92 Å². The molecular weight excluding hydrogens is 362 g/mol. The van der Waals surface area contributed by atoms with Crippen molar-refractivity contribution in [2.45, 2.75) is 77.7 Å². The van der Waals surface area contributed by atoms with Crippen molar-refractivity contribution in [2.75, 3.05) is 0 Å². The molecule has 156 valence electrons. The fourth-order valence-electron chi connectivity index (χ4n) is 4.31. The van der Waals surface area contributed by atoms with Crippen molar-refractivity contribution in [1.29, 1.82) is 0 Å². The van der Waals surface area contributed by atoms with Gasteiger partial charge in [-0.1, -0.05) is 68.9 Å². The van der Waals surface area contributed by atoms with Gasteiger partial charge in [-0.2, -0.15) is 0 Å². The molecule has 4 heteroatoms. The molecule has 0 unspecified atom stereocenters. The molecule has 1 aliphatic carbocycles. The van der Waals surface area contributed by atoms with Crippen molar-refractivity contribution in [3.63, 3.8) is 0 Å². The summed E-state index contributed by atoms with van der Waals surface area (Å²) in [6.07, 6.45) is 9.15. The van der Waals surface area contributed by atoms with Crippen molar-refractivity contribution in [2.24, 2.45) is 0 Å². The van der Waals surface area contributed by atoms with Crippen LogP contribution in [0.5, 0.6) is 11.5 Å². The van der Waals surface area contributed by atoms with Gasteiger partial charge in [0, 0.05) is 6.04 Å². The maximum Gasteiger partial charge on any atom is 0.255 e. The lowest BCUT2D eigenvalue weighted by Gasteiger charge is -2.24. The van der Waals surface area contributed by atoms with Crippen molar-refractivity contribution in [1.82, 2.24) is 5.32 Å². The predicted octanol–water partition coefficient (Wildman–Crippen LogP) is 5.87. The van der Waals surface area contributed by atoms with E-state index in [4.69, 9.17) is 0 Å². The molecule has 3 N–H and O–H groups in total. The van der Waals surface area contributed by atoms with Crippen LogP contribution in [0.15, 0.2) is 30.3 Å². The maximum atomic E-state index is 13.2. The van der Waals surface area contributed by atoms with Gasteiger partial charge in [-0.25, -0.2) is 0 Å². The van der Waals surface area contributed by atoms with Gasteiger partial charge in [0.1, 0.15) is 11.5 Å². The fourth-order valence-corrected chi connectivity index (χ4v) is 4.31. The van der Waals surface area contributed by atoms with Gasteiger partial charge >= 0.3 is 0 Å². The monoisotopic (exact) mass is 395 g/mol. The Kier molecular flexibility index (Phi) is 7.18. The molecule has 1 saturated carbocycles. The van der Waals surface area contributed by atoms with Gasteiger partial charge in [0.05, 0.1) is 11.1 Å². The first-order chi connectivity index (χ1) is 14.0. The highest BCUT2D eigenvalue weighted by Crippen LogP contribution is 2.42.